The fourth-order valence-corrected chi connectivity index (χ4v) is 1.70. The fourth-order valence-electron chi connectivity index (χ4n) is 1.70. The SMILES string of the molecule is CCCNCc1cccn1-c1cccnc1. The molecule has 0 aliphatic rings. The Morgan fingerprint density at radius 2 is 2.25 bits per heavy atom. The molecule has 0 fully saturated rings. The van der Waals surface area contributed by atoms with Crippen molar-refractivity contribution in [3.63, 3.8) is 0 Å². The van der Waals surface area contributed by atoms with Crippen molar-refractivity contribution >= 4 is 0 Å². The summed E-state index contributed by atoms with van der Waals surface area (Å²) in [7, 11) is 0. The molecular weight excluding hydrogens is 198 g/mol. The molecule has 0 saturated carbocycles. The molecule has 2 heterocycles. The summed E-state index contributed by atoms with van der Waals surface area (Å²) >= 11 is 0. The Balaban J connectivity index is 2.13. The van der Waals surface area contributed by atoms with Gasteiger partial charge in [0.05, 0.1) is 11.9 Å². The number of nitrogens with zero attached hydrogens (tertiary/aromatic N) is 2. The quantitative estimate of drug-likeness (QED) is 0.776. The number of hydrogen-bond acceptors (Lipinski definition) is 2. The molecule has 3 heteroatoms. The lowest BCUT2D eigenvalue weighted by Gasteiger charge is -2.09. The molecule has 0 aromatic carbocycles. The highest BCUT2D eigenvalue weighted by Gasteiger charge is 2.01. The lowest BCUT2D eigenvalue weighted by molar-refractivity contribution is 0.656. The van der Waals surface area contributed by atoms with E-state index in [2.05, 4.69) is 46.2 Å². The molecule has 2 aromatic rings. The number of hydrogen-bond donors (Lipinski definition) is 1. The van der Waals surface area contributed by atoms with Crippen molar-refractivity contribution in [2.45, 2.75) is 19.9 Å². The van der Waals surface area contributed by atoms with Gasteiger partial charge >= 0.3 is 0 Å². The summed E-state index contributed by atoms with van der Waals surface area (Å²) in [6.07, 6.45) is 6.90. The van der Waals surface area contributed by atoms with E-state index in [1.807, 2.05) is 12.3 Å². The molecule has 3 nitrogen and oxygen atoms in total. The van der Waals surface area contributed by atoms with Gasteiger partial charge in [-0.1, -0.05) is 6.92 Å². The van der Waals surface area contributed by atoms with Crippen LogP contribution >= 0.6 is 0 Å². The number of pyridine rings is 1. The van der Waals surface area contributed by atoms with Crippen LogP contribution in [-0.2, 0) is 6.54 Å². The Morgan fingerprint density at radius 1 is 1.31 bits per heavy atom. The first-order valence-corrected chi connectivity index (χ1v) is 5.69. The van der Waals surface area contributed by atoms with Gasteiger partial charge in [0.1, 0.15) is 0 Å². The van der Waals surface area contributed by atoms with Gasteiger partial charge in [0.25, 0.3) is 0 Å². The molecule has 0 aliphatic carbocycles. The Bertz CT molecular complexity index is 420. The minimum Gasteiger partial charge on any atom is -0.318 e. The third-order valence-electron chi connectivity index (χ3n) is 2.49. The summed E-state index contributed by atoms with van der Waals surface area (Å²) in [6.45, 7) is 4.13. The zero-order valence-corrected chi connectivity index (χ0v) is 9.56. The highest BCUT2D eigenvalue weighted by Crippen LogP contribution is 2.10. The van der Waals surface area contributed by atoms with E-state index in [1.54, 1.807) is 6.20 Å². The average Bonchev–Trinajstić information content (AvgIpc) is 2.79. The van der Waals surface area contributed by atoms with Crippen LogP contribution in [0.3, 0.4) is 0 Å². The van der Waals surface area contributed by atoms with Gasteiger partial charge < -0.3 is 9.88 Å². The van der Waals surface area contributed by atoms with Crippen molar-refractivity contribution in [3.05, 3.63) is 48.5 Å². The van der Waals surface area contributed by atoms with E-state index in [1.165, 1.54) is 5.69 Å². The van der Waals surface area contributed by atoms with E-state index in [9.17, 15) is 0 Å². The molecule has 2 rings (SSSR count). The Hall–Kier alpha value is -1.61. The Morgan fingerprint density at radius 3 is 3.00 bits per heavy atom. The molecule has 0 unspecified atom stereocenters. The highest BCUT2D eigenvalue weighted by atomic mass is 15.0. The molecule has 0 radical (unpaired) electrons. The number of aromatic nitrogens is 2. The van der Waals surface area contributed by atoms with Crippen molar-refractivity contribution in [1.82, 2.24) is 14.9 Å². The van der Waals surface area contributed by atoms with Crippen LogP contribution < -0.4 is 5.32 Å². The molecule has 0 spiro atoms. The zero-order chi connectivity index (χ0) is 11.2. The molecule has 2 aromatic heterocycles. The van der Waals surface area contributed by atoms with Gasteiger partial charge in [-0.05, 0) is 37.2 Å². The largest absolute Gasteiger partial charge is 0.318 e. The Kier molecular flexibility index (Phi) is 3.72. The predicted molar refractivity (Wildman–Crippen MR) is 65.6 cm³/mol. The molecular formula is C13H17N3. The molecule has 0 amide bonds. The minimum absolute atomic E-state index is 0.899. The summed E-state index contributed by atoms with van der Waals surface area (Å²) in [5, 5.41) is 3.41. The van der Waals surface area contributed by atoms with Crippen molar-refractivity contribution in [3.8, 4) is 5.69 Å². The Labute approximate surface area is 96.1 Å². The van der Waals surface area contributed by atoms with Crippen LogP contribution in [0.4, 0.5) is 0 Å². The third kappa shape index (κ3) is 2.49. The smallest absolute Gasteiger partial charge is 0.0636 e. The van der Waals surface area contributed by atoms with Gasteiger partial charge in [-0.3, -0.25) is 4.98 Å². The molecule has 0 saturated heterocycles. The van der Waals surface area contributed by atoms with Crippen molar-refractivity contribution in [2.75, 3.05) is 6.54 Å². The van der Waals surface area contributed by atoms with E-state index in [0.29, 0.717) is 0 Å². The van der Waals surface area contributed by atoms with E-state index in [0.717, 1.165) is 25.2 Å². The van der Waals surface area contributed by atoms with E-state index in [-0.39, 0.29) is 0 Å². The maximum absolute atomic E-state index is 4.14. The topological polar surface area (TPSA) is 29.9 Å². The van der Waals surface area contributed by atoms with Crippen LogP contribution in [0, 0.1) is 0 Å². The van der Waals surface area contributed by atoms with Crippen LogP contribution in [0.5, 0.6) is 0 Å². The third-order valence-corrected chi connectivity index (χ3v) is 2.49. The normalized spacial score (nSPS) is 10.6. The van der Waals surface area contributed by atoms with Crippen molar-refractivity contribution in [2.24, 2.45) is 0 Å². The van der Waals surface area contributed by atoms with Gasteiger partial charge in [-0.2, -0.15) is 0 Å². The van der Waals surface area contributed by atoms with Crippen molar-refractivity contribution < 1.29 is 0 Å². The molecule has 0 bridgehead atoms. The second kappa shape index (κ2) is 5.47. The van der Waals surface area contributed by atoms with Crippen LogP contribution in [-0.4, -0.2) is 16.1 Å². The standard InChI is InChI=1S/C13H17N3/c1-2-7-14-10-13-6-4-9-16(13)12-5-3-8-15-11-12/h3-6,8-9,11,14H,2,7,10H2,1H3. The number of rotatable bonds is 5. The predicted octanol–water partition coefficient (Wildman–Crippen LogP) is 2.37. The highest BCUT2D eigenvalue weighted by molar-refractivity contribution is 5.31. The van der Waals surface area contributed by atoms with E-state index in [4.69, 9.17) is 0 Å². The second-order valence-electron chi connectivity index (χ2n) is 3.76. The van der Waals surface area contributed by atoms with Crippen molar-refractivity contribution in [1.29, 1.82) is 0 Å². The van der Waals surface area contributed by atoms with E-state index >= 15 is 0 Å². The fraction of sp³-hybridized carbons (Fsp3) is 0.308. The summed E-state index contributed by atoms with van der Waals surface area (Å²) in [4.78, 5) is 4.14. The van der Waals surface area contributed by atoms with Crippen LogP contribution in [0.15, 0.2) is 42.9 Å². The van der Waals surface area contributed by atoms with Gasteiger partial charge in [-0.15, -0.1) is 0 Å². The first-order chi connectivity index (χ1) is 7.92. The van der Waals surface area contributed by atoms with Gasteiger partial charge in [0.2, 0.25) is 0 Å². The molecule has 0 aliphatic heterocycles. The van der Waals surface area contributed by atoms with Crippen LogP contribution in [0.1, 0.15) is 19.0 Å². The summed E-state index contributed by atoms with van der Waals surface area (Å²) < 4.78 is 2.16. The molecule has 84 valence electrons. The average molecular weight is 215 g/mol. The maximum Gasteiger partial charge on any atom is 0.0636 e. The first-order valence-electron chi connectivity index (χ1n) is 5.69. The van der Waals surface area contributed by atoms with E-state index < -0.39 is 0 Å². The summed E-state index contributed by atoms with van der Waals surface area (Å²) in [5.74, 6) is 0. The summed E-state index contributed by atoms with van der Waals surface area (Å²) in [6, 6.07) is 8.22. The first kappa shape index (κ1) is 10.9. The van der Waals surface area contributed by atoms with Crippen LogP contribution in [0.2, 0.25) is 0 Å². The molecule has 16 heavy (non-hydrogen) atoms. The minimum atomic E-state index is 0.899. The van der Waals surface area contributed by atoms with Gasteiger partial charge in [0.15, 0.2) is 0 Å². The monoisotopic (exact) mass is 215 g/mol. The molecule has 0 atom stereocenters. The van der Waals surface area contributed by atoms with Crippen LogP contribution in [0.25, 0.3) is 5.69 Å². The zero-order valence-electron chi connectivity index (χ0n) is 9.56. The lowest BCUT2D eigenvalue weighted by Crippen LogP contribution is -2.16. The molecule has 1 N–H and O–H groups in total. The lowest BCUT2D eigenvalue weighted by atomic mass is 10.3. The van der Waals surface area contributed by atoms with Gasteiger partial charge in [0, 0.05) is 24.6 Å². The summed E-state index contributed by atoms with van der Waals surface area (Å²) in [5.41, 5.74) is 2.38. The second-order valence-corrected chi connectivity index (χ2v) is 3.76. The maximum atomic E-state index is 4.14. The van der Waals surface area contributed by atoms with Gasteiger partial charge in [-0.25, -0.2) is 0 Å². The number of nitrogens with one attached hydrogen (secondary N) is 1.